The molecule has 1 unspecified atom stereocenters. The van der Waals surface area contributed by atoms with E-state index in [2.05, 4.69) is 4.99 Å². The van der Waals surface area contributed by atoms with Crippen LogP contribution in [0.4, 0.5) is 5.69 Å². The van der Waals surface area contributed by atoms with Crippen molar-refractivity contribution in [1.82, 2.24) is 0 Å². The van der Waals surface area contributed by atoms with Crippen molar-refractivity contribution in [3.8, 4) is 11.5 Å². The first-order valence-electron chi connectivity index (χ1n) is 9.72. The summed E-state index contributed by atoms with van der Waals surface area (Å²) >= 11 is 5.83. The lowest BCUT2D eigenvalue weighted by atomic mass is 10.1. The maximum Gasteiger partial charge on any atom is 0.363 e. The molecule has 8 nitrogen and oxygen atoms in total. The van der Waals surface area contributed by atoms with Gasteiger partial charge in [-0.3, -0.25) is 10.1 Å². The number of nitrogens with zero attached hydrogens (tertiary/aromatic N) is 2. The molecule has 0 spiro atoms. The SMILES string of the molecule is CCOc1cc(/C=C2\N=C(c3ccc(Cl)c([N+](=O)[O-])c3)OC2=O)ccc1OC(C)CC. The smallest absolute Gasteiger partial charge is 0.363 e. The highest BCUT2D eigenvalue weighted by molar-refractivity contribution is 6.32. The molecule has 0 amide bonds. The van der Waals surface area contributed by atoms with Gasteiger partial charge >= 0.3 is 5.97 Å². The van der Waals surface area contributed by atoms with E-state index in [-0.39, 0.29) is 34.0 Å². The molecule has 31 heavy (non-hydrogen) atoms. The summed E-state index contributed by atoms with van der Waals surface area (Å²) in [6.45, 7) is 6.32. The van der Waals surface area contributed by atoms with E-state index in [9.17, 15) is 14.9 Å². The molecule has 2 aromatic carbocycles. The Morgan fingerprint density at radius 1 is 1.23 bits per heavy atom. The Morgan fingerprint density at radius 2 is 2.00 bits per heavy atom. The molecule has 0 radical (unpaired) electrons. The van der Waals surface area contributed by atoms with E-state index in [1.807, 2.05) is 20.8 Å². The molecule has 9 heteroatoms. The fraction of sp³-hybridized carbons (Fsp3) is 0.273. The molecule has 3 rings (SSSR count). The Labute approximate surface area is 184 Å². The van der Waals surface area contributed by atoms with Crippen LogP contribution >= 0.6 is 11.6 Å². The van der Waals surface area contributed by atoms with Crippen LogP contribution in [-0.4, -0.2) is 29.5 Å². The molecule has 0 saturated carbocycles. The van der Waals surface area contributed by atoms with Gasteiger partial charge in [0.1, 0.15) is 5.02 Å². The third-order valence-electron chi connectivity index (χ3n) is 4.48. The zero-order valence-corrected chi connectivity index (χ0v) is 18.0. The first kappa shape index (κ1) is 22.3. The lowest BCUT2D eigenvalue weighted by molar-refractivity contribution is -0.384. The summed E-state index contributed by atoms with van der Waals surface area (Å²) in [7, 11) is 0. The van der Waals surface area contributed by atoms with Crippen molar-refractivity contribution in [2.45, 2.75) is 33.3 Å². The average Bonchev–Trinajstić information content (AvgIpc) is 3.10. The maximum absolute atomic E-state index is 12.3. The molecule has 0 aliphatic carbocycles. The molecule has 2 aromatic rings. The van der Waals surface area contributed by atoms with Gasteiger partial charge in [-0.15, -0.1) is 0 Å². The first-order valence-corrected chi connectivity index (χ1v) is 10.1. The number of halogens is 1. The van der Waals surface area contributed by atoms with Crippen molar-refractivity contribution < 1.29 is 23.9 Å². The van der Waals surface area contributed by atoms with Crippen molar-refractivity contribution in [2.75, 3.05) is 6.61 Å². The Hall–Kier alpha value is -3.39. The van der Waals surface area contributed by atoms with Gasteiger partial charge in [0.05, 0.1) is 17.6 Å². The number of cyclic esters (lactones) is 1. The van der Waals surface area contributed by atoms with E-state index < -0.39 is 10.9 Å². The summed E-state index contributed by atoms with van der Waals surface area (Å²) in [5, 5.41) is 11.1. The molecule has 0 aromatic heterocycles. The number of carbonyl (C=O) groups excluding carboxylic acids is 1. The van der Waals surface area contributed by atoms with Crippen molar-refractivity contribution in [2.24, 2.45) is 4.99 Å². The van der Waals surface area contributed by atoms with Gasteiger partial charge in [-0.05, 0) is 56.2 Å². The van der Waals surface area contributed by atoms with Crippen LogP contribution in [-0.2, 0) is 9.53 Å². The minimum Gasteiger partial charge on any atom is -0.490 e. The molecule has 0 saturated heterocycles. The molecule has 1 atom stereocenters. The summed E-state index contributed by atoms with van der Waals surface area (Å²) in [6, 6.07) is 9.38. The minimum atomic E-state index is -0.662. The van der Waals surface area contributed by atoms with Gasteiger partial charge in [0.15, 0.2) is 17.2 Å². The standard InChI is InChI=1S/C22H21ClN2O6/c1-4-13(3)30-19-9-6-14(11-20(19)29-5-2)10-17-22(26)31-21(24-17)15-7-8-16(23)18(12-15)25(27)28/h6-13H,4-5H2,1-3H3/b17-10-. The van der Waals surface area contributed by atoms with E-state index in [0.29, 0.717) is 23.7 Å². The van der Waals surface area contributed by atoms with Gasteiger partial charge in [-0.2, -0.15) is 0 Å². The number of aliphatic imine (C=N–C) groups is 1. The van der Waals surface area contributed by atoms with Crippen LogP contribution in [0.3, 0.4) is 0 Å². The van der Waals surface area contributed by atoms with Crippen molar-refractivity contribution in [1.29, 1.82) is 0 Å². The second kappa shape index (κ2) is 9.61. The van der Waals surface area contributed by atoms with E-state index >= 15 is 0 Å². The van der Waals surface area contributed by atoms with Gasteiger partial charge in [0.2, 0.25) is 5.90 Å². The molecular weight excluding hydrogens is 424 g/mol. The zero-order chi connectivity index (χ0) is 22.5. The summed E-state index contributed by atoms with van der Waals surface area (Å²) in [5.74, 6) is 0.481. The van der Waals surface area contributed by atoms with Crippen LogP contribution in [0.1, 0.15) is 38.3 Å². The zero-order valence-electron chi connectivity index (χ0n) is 17.3. The topological polar surface area (TPSA) is 100 Å². The Morgan fingerprint density at radius 3 is 2.68 bits per heavy atom. The highest BCUT2D eigenvalue weighted by Crippen LogP contribution is 2.32. The maximum atomic E-state index is 12.3. The van der Waals surface area contributed by atoms with Crippen LogP contribution in [0.2, 0.25) is 5.02 Å². The fourth-order valence-electron chi connectivity index (χ4n) is 2.76. The van der Waals surface area contributed by atoms with Gasteiger partial charge in [-0.1, -0.05) is 24.6 Å². The average molecular weight is 445 g/mol. The normalized spacial score (nSPS) is 15.4. The van der Waals surface area contributed by atoms with E-state index in [4.69, 9.17) is 25.8 Å². The molecular formula is C22H21ClN2O6. The number of hydrogen-bond donors (Lipinski definition) is 0. The summed E-state index contributed by atoms with van der Waals surface area (Å²) in [6.07, 6.45) is 2.43. The Kier molecular flexibility index (Phi) is 6.91. The summed E-state index contributed by atoms with van der Waals surface area (Å²) in [5.41, 5.74) is 0.707. The Bertz CT molecular complexity index is 1080. The number of ether oxygens (including phenoxy) is 3. The van der Waals surface area contributed by atoms with Crippen molar-refractivity contribution in [3.05, 3.63) is 68.4 Å². The minimum absolute atomic E-state index is 0.0161. The second-order valence-electron chi connectivity index (χ2n) is 6.74. The van der Waals surface area contributed by atoms with Crippen LogP contribution in [0.15, 0.2) is 47.1 Å². The number of esters is 1. The van der Waals surface area contributed by atoms with E-state index in [1.54, 1.807) is 24.3 Å². The van der Waals surface area contributed by atoms with Gasteiger partial charge in [0, 0.05) is 11.6 Å². The van der Waals surface area contributed by atoms with Crippen LogP contribution in [0.5, 0.6) is 11.5 Å². The molecule has 162 valence electrons. The number of rotatable bonds is 8. The second-order valence-corrected chi connectivity index (χ2v) is 7.14. The van der Waals surface area contributed by atoms with Crippen LogP contribution in [0.25, 0.3) is 6.08 Å². The molecule has 0 bridgehead atoms. The lowest BCUT2D eigenvalue weighted by Gasteiger charge is -2.16. The van der Waals surface area contributed by atoms with Crippen molar-refractivity contribution >= 4 is 35.2 Å². The third-order valence-corrected chi connectivity index (χ3v) is 4.80. The predicted molar refractivity (Wildman–Crippen MR) is 117 cm³/mol. The molecule has 1 heterocycles. The van der Waals surface area contributed by atoms with Gasteiger partial charge in [0.25, 0.3) is 5.69 Å². The van der Waals surface area contributed by atoms with E-state index in [1.165, 1.54) is 18.2 Å². The van der Waals surface area contributed by atoms with Gasteiger partial charge in [-0.25, -0.2) is 9.79 Å². The molecule has 1 aliphatic heterocycles. The number of carbonyl (C=O) groups is 1. The monoisotopic (exact) mass is 444 g/mol. The van der Waals surface area contributed by atoms with Crippen LogP contribution in [0, 0.1) is 10.1 Å². The Balaban J connectivity index is 1.92. The van der Waals surface area contributed by atoms with Gasteiger partial charge < -0.3 is 14.2 Å². The number of nitro groups is 1. The molecule has 0 N–H and O–H groups in total. The highest BCUT2D eigenvalue weighted by Gasteiger charge is 2.26. The molecule has 0 fully saturated rings. The number of nitro benzene ring substituents is 1. The largest absolute Gasteiger partial charge is 0.490 e. The number of benzene rings is 2. The van der Waals surface area contributed by atoms with Crippen molar-refractivity contribution in [3.63, 3.8) is 0 Å². The third kappa shape index (κ3) is 5.21. The highest BCUT2D eigenvalue weighted by atomic mass is 35.5. The van der Waals surface area contributed by atoms with E-state index in [0.717, 1.165) is 6.42 Å². The summed E-state index contributed by atoms with van der Waals surface area (Å²) in [4.78, 5) is 27.0. The molecule has 1 aliphatic rings. The summed E-state index contributed by atoms with van der Waals surface area (Å²) < 4.78 is 16.7. The number of hydrogen-bond acceptors (Lipinski definition) is 7. The lowest BCUT2D eigenvalue weighted by Crippen LogP contribution is -2.10. The quantitative estimate of drug-likeness (QED) is 0.241. The van der Waals surface area contributed by atoms with Crippen LogP contribution < -0.4 is 9.47 Å². The fourth-order valence-corrected chi connectivity index (χ4v) is 2.94. The first-order chi connectivity index (χ1) is 14.8. The predicted octanol–water partition coefficient (Wildman–Crippen LogP) is 5.17.